The van der Waals surface area contributed by atoms with E-state index in [4.69, 9.17) is 16.2 Å². The fraction of sp³-hybridized carbons (Fsp3) is 0.231. The van der Waals surface area contributed by atoms with Crippen LogP contribution < -0.4 is 16.2 Å². The Morgan fingerprint density at radius 3 is 2.68 bits per heavy atom. The van der Waals surface area contributed by atoms with Gasteiger partial charge in [-0.2, -0.15) is 5.10 Å². The Morgan fingerprint density at radius 2 is 2.05 bits per heavy atom. The van der Waals surface area contributed by atoms with Crippen molar-refractivity contribution in [3.63, 3.8) is 0 Å². The molecule has 0 aliphatic carbocycles. The minimum absolute atomic E-state index is 0.416. The van der Waals surface area contributed by atoms with Crippen molar-refractivity contribution in [2.24, 2.45) is 5.73 Å². The van der Waals surface area contributed by atoms with E-state index in [0.29, 0.717) is 24.4 Å². The maximum Gasteiger partial charge on any atom is 0.251 e. The molecule has 1 amide bonds. The number of nitrogens with two attached hydrogens (primary N) is 2. The Labute approximate surface area is 111 Å². The molecule has 0 saturated carbocycles. The summed E-state index contributed by atoms with van der Waals surface area (Å²) < 4.78 is 7.22. The molecule has 0 fully saturated rings. The molecule has 0 bridgehead atoms. The molecule has 1 heterocycles. The molecular weight excluding hydrogens is 244 g/mol. The third-order valence-electron chi connectivity index (χ3n) is 2.60. The van der Waals surface area contributed by atoms with Crippen molar-refractivity contribution in [1.29, 1.82) is 0 Å². The van der Waals surface area contributed by atoms with Gasteiger partial charge in [0.2, 0.25) is 0 Å². The van der Waals surface area contributed by atoms with E-state index in [1.54, 1.807) is 23.0 Å². The van der Waals surface area contributed by atoms with Gasteiger partial charge in [0.25, 0.3) is 5.91 Å². The second-order valence-corrected chi connectivity index (χ2v) is 4.13. The number of nitrogens with zero attached hydrogens (tertiary/aromatic N) is 2. The molecule has 1 aromatic heterocycles. The first-order chi connectivity index (χ1) is 9.15. The summed E-state index contributed by atoms with van der Waals surface area (Å²) in [6.07, 6.45) is 3.87. The zero-order valence-corrected chi connectivity index (χ0v) is 10.5. The zero-order valence-electron chi connectivity index (χ0n) is 10.5. The van der Waals surface area contributed by atoms with Crippen molar-refractivity contribution in [1.82, 2.24) is 9.78 Å². The highest BCUT2D eigenvalue weighted by Crippen LogP contribution is 2.13. The molecule has 0 spiro atoms. The second kappa shape index (κ2) is 5.90. The summed E-state index contributed by atoms with van der Waals surface area (Å²) in [4.78, 5) is 10.9. The van der Waals surface area contributed by atoms with Crippen molar-refractivity contribution in [3.05, 3.63) is 42.2 Å². The molecule has 4 N–H and O–H groups in total. The number of hydrogen-bond acceptors (Lipinski definition) is 4. The summed E-state index contributed by atoms with van der Waals surface area (Å²) >= 11 is 0. The smallest absolute Gasteiger partial charge is 0.251 e. The van der Waals surface area contributed by atoms with Crippen molar-refractivity contribution < 1.29 is 9.53 Å². The van der Waals surface area contributed by atoms with Gasteiger partial charge in [0.1, 0.15) is 5.75 Å². The highest BCUT2D eigenvalue weighted by atomic mass is 16.5. The van der Waals surface area contributed by atoms with E-state index in [9.17, 15) is 4.79 Å². The summed E-state index contributed by atoms with van der Waals surface area (Å²) in [5.41, 5.74) is 11.8. The number of primary amides is 1. The summed E-state index contributed by atoms with van der Waals surface area (Å²) in [5, 5.41) is 4.04. The first kappa shape index (κ1) is 12.9. The summed E-state index contributed by atoms with van der Waals surface area (Å²) in [7, 11) is 0. The van der Waals surface area contributed by atoms with Crippen LogP contribution in [-0.4, -0.2) is 22.3 Å². The van der Waals surface area contributed by atoms with Gasteiger partial charge in [0.05, 0.1) is 18.4 Å². The van der Waals surface area contributed by atoms with Crippen LogP contribution in [0.1, 0.15) is 16.8 Å². The maximum atomic E-state index is 10.9. The van der Waals surface area contributed by atoms with Crippen molar-refractivity contribution >= 4 is 11.6 Å². The van der Waals surface area contributed by atoms with E-state index >= 15 is 0 Å². The molecule has 19 heavy (non-hydrogen) atoms. The second-order valence-electron chi connectivity index (χ2n) is 4.13. The number of hydrogen-bond donors (Lipinski definition) is 2. The van der Waals surface area contributed by atoms with Gasteiger partial charge in [-0.15, -0.1) is 0 Å². The maximum absolute atomic E-state index is 10.9. The largest absolute Gasteiger partial charge is 0.494 e. The molecule has 2 aromatic rings. The predicted molar refractivity (Wildman–Crippen MR) is 71.7 cm³/mol. The fourth-order valence-electron chi connectivity index (χ4n) is 1.59. The number of aryl methyl sites for hydroxylation is 1. The minimum Gasteiger partial charge on any atom is -0.494 e. The average molecular weight is 260 g/mol. The molecule has 2 rings (SSSR count). The minimum atomic E-state index is -0.468. The molecule has 0 aliphatic heterocycles. The lowest BCUT2D eigenvalue weighted by Gasteiger charge is -2.06. The van der Waals surface area contributed by atoms with Crippen LogP contribution in [0.5, 0.6) is 5.75 Å². The highest BCUT2D eigenvalue weighted by Gasteiger charge is 2.03. The highest BCUT2D eigenvalue weighted by molar-refractivity contribution is 5.92. The topological polar surface area (TPSA) is 96.2 Å². The lowest BCUT2D eigenvalue weighted by molar-refractivity contribution is 0.1000. The van der Waals surface area contributed by atoms with E-state index in [1.165, 1.54) is 6.20 Å². The van der Waals surface area contributed by atoms with Crippen LogP contribution in [0.25, 0.3) is 0 Å². The quantitative estimate of drug-likeness (QED) is 0.599. The molecule has 1 aromatic carbocycles. The van der Waals surface area contributed by atoms with Gasteiger partial charge in [0, 0.05) is 24.8 Å². The Balaban J connectivity index is 1.74. The number of rotatable bonds is 6. The lowest BCUT2D eigenvalue weighted by atomic mass is 10.3. The Hall–Kier alpha value is -2.50. The fourth-order valence-corrected chi connectivity index (χ4v) is 1.59. The predicted octanol–water partition coefficient (Wildman–Crippen LogP) is 1.03. The molecule has 0 radical (unpaired) electrons. The van der Waals surface area contributed by atoms with E-state index < -0.39 is 5.91 Å². The summed E-state index contributed by atoms with van der Waals surface area (Å²) in [6.45, 7) is 1.23. The van der Waals surface area contributed by atoms with Gasteiger partial charge in [-0.05, 0) is 24.3 Å². The van der Waals surface area contributed by atoms with Gasteiger partial charge in [-0.25, -0.2) is 0 Å². The van der Waals surface area contributed by atoms with E-state index in [1.807, 2.05) is 12.1 Å². The standard InChI is InChI=1S/C13H16N4O2/c14-11-2-4-12(5-3-11)19-7-1-6-17-9-10(8-16-17)13(15)18/h2-5,8-9H,1,6-7,14H2,(H2,15,18). The van der Waals surface area contributed by atoms with Gasteiger partial charge < -0.3 is 16.2 Å². The number of amides is 1. The number of benzene rings is 1. The number of ether oxygens (including phenoxy) is 1. The number of nitrogen functional groups attached to an aromatic ring is 1. The third-order valence-corrected chi connectivity index (χ3v) is 2.60. The van der Waals surface area contributed by atoms with Crippen LogP contribution >= 0.6 is 0 Å². The van der Waals surface area contributed by atoms with E-state index in [-0.39, 0.29) is 0 Å². The Bertz CT molecular complexity index is 548. The number of carbonyl (C=O) groups excluding carboxylic acids is 1. The van der Waals surface area contributed by atoms with Crippen LogP contribution in [0.15, 0.2) is 36.7 Å². The van der Waals surface area contributed by atoms with E-state index in [2.05, 4.69) is 5.10 Å². The Kier molecular flexibility index (Phi) is 4.02. The number of anilines is 1. The molecule has 6 heteroatoms. The molecule has 0 saturated heterocycles. The first-order valence-electron chi connectivity index (χ1n) is 5.96. The van der Waals surface area contributed by atoms with E-state index in [0.717, 1.165) is 12.2 Å². The van der Waals surface area contributed by atoms with Crippen LogP contribution in [-0.2, 0) is 6.54 Å². The lowest BCUT2D eigenvalue weighted by Crippen LogP contribution is -2.10. The van der Waals surface area contributed by atoms with Gasteiger partial charge in [-0.1, -0.05) is 0 Å². The van der Waals surface area contributed by atoms with Crippen molar-refractivity contribution in [3.8, 4) is 5.75 Å². The zero-order chi connectivity index (χ0) is 13.7. The normalized spacial score (nSPS) is 10.3. The van der Waals surface area contributed by atoms with Gasteiger partial charge in [-0.3, -0.25) is 9.48 Å². The van der Waals surface area contributed by atoms with Crippen LogP contribution in [0, 0.1) is 0 Å². The van der Waals surface area contributed by atoms with Crippen LogP contribution in [0.4, 0.5) is 5.69 Å². The van der Waals surface area contributed by atoms with Crippen LogP contribution in [0.3, 0.4) is 0 Å². The van der Waals surface area contributed by atoms with Crippen LogP contribution in [0.2, 0.25) is 0 Å². The molecule has 6 nitrogen and oxygen atoms in total. The van der Waals surface area contributed by atoms with Gasteiger partial charge in [0.15, 0.2) is 0 Å². The number of aromatic nitrogens is 2. The SMILES string of the molecule is NC(=O)c1cnn(CCCOc2ccc(N)cc2)c1. The molecular formula is C13H16N4O2. The average Bonchev–Trinajstić information content (AvgIpc) is 2.86. The summed E-state index contributed by atoms with van der Waals surface area (Å²) in [6, 6.07) is 7.24. The monoisotopic (exact) mass is 260 g/mol. The molecule has 0 atom stereocenters. The van der Waals surface area contributed by atoms with Gasteiger partial charge >= 0.3 is 0 Å². The summed E-state index contributed by atoms with van der Waals surface area (Å²) in [5.74, 6) is 0.317. The first-order valence-corrected chi connectivity index (χ1v) is 5.96. The Morgan fingerprint density at radius 1 is 1.32 bits per heavy atom. The van der Waals surface area contributed by atoms with Crippen molar-refractivity contribution in [2.75, 3.05) is 12.3 Å². The molecule has 0 aliphatic rings. The van der Waals surface area contributed by atoms with Crippen molar-refractivity contribution in [2.45, 2.75) is 13.0 Å². The molecule has 0 unspecified atom stereocenters. The third kappa shape index (κ3) is 3.74. The molecule has 100 valence electrons. The number of carbonyl (C=O) groups is 1.